The molecular formula is C8H14NO3-. The van der Waals surface area contributed by atoms with Crippen LogP contribution in [-0.4, -0.2) is 17.9 Å². The lowest BCUT2D eigenvalue weighted by atomic mass is 10.0. The van der Waals surface area contributed by atoms with Gasteiger partial charge in [0.2, 0.25) is 5.91 Å². The van der Waals surface area contributed by atoms with Crippen molar-refractivity contribution in [2.24, 2.45) is 5.92 Å². The summed E-state index contributed by atoms with van der Waals surface area (Å²) in [6.07, 6.45) is 0.405. The second-order valence-electron chi connectivity index (χ2n) is 3.20. The molecule has 0 aromatic heterocycles. The van der Waals surface area contributed by atoms with Crippen LogP contribution in [0.2, 0.25) is 0 Å². The first-order valence-corrected chi connectivity index (χ1v) is 3.91. The maximum atomic E-state index is 10.5. The molecule has 0 saturated carbocycles. The van der Waals surface area contributed by atoms with Crippen molar-refractivity contribution < 1.29 is 14.7 Å². The lowest BCUT2D eigenvalue weighted by Crippen LogP contribution is -2.47. The van der Waals surface area contributed by atoms with E-state index < -0.39 is 12.0 Å². The molecule has 0 aliphatic rings. The van der Waals surface area contributed by atoms with E-state index >= 15 is 0 Å². The van der Waals surface area contributed by atoms with Crippen molar-refractivity contribution in [2.45, 2.75) is 33.2 Å². The predicted octanol–water partition coefficient (Wildman–Crippen LogP) is -0.713. The molecule has 0 spiro atoms. The highest BCUT2D eigenvalue weighted by atomic mass is 16.4. The van der Waals surface area contributed by atoms with Gasteiger partial charge < -0.3 is 15.2 Å². The van der Waals surface area contributed by atoms with Crippen LogP contribution >= 0.6 is 0 Å². The fourth-order valence-corrected chi connectivity index (χ4v) is 0.931. The smallest absolute Gasteiger partial charge is 0.217 e. The maximum Gasteiger partial charge on any atom is 0.217 e. The van der Waals surface area contributed by atoms with Gasteiger partial charge in [0.05, 0.1) is 12.0 Å². The van der Waals surface area contributed by atoms with Gasteiger partial charge in [0.15, 0.2) is 0 Å². The molecule has 1 atom stereocenters. The first-order valence-electron chi connectivity index (χ1n) is 3.91. The van der Waals surface area contributed by atoms with Crippen molar-refractivity contribution in [1.29, 1.82) is 0 Å². The highest BCUT2D eigenvalue weighted by molar-refractivity contribution is 5.80. The fraction of sp³-hybridized carbons (Fsp3) is 0.750. The third kappa shape index (κ3) is 4.71. The van der Waals surface area contributed by atoms with E-state index in [0.717, 1.165) is 0 Å². The molecule has 0 aliphatic heterocycles. The average Bonchev–Trinajstić information content (AvgIpc) is 1.83. The zero-order valence-electron chi connectivity index (χ0n) is 7.59. The number of hydrogen-bond donors (Lipinski definition) is 1. The van der Waals surface area contributed by atoms with E-state index in [-0.39, 0.29) is 11.8 Å². The van der Waals surface area contributed by atoms with Gasteiger partial charge in [-0.3, -0.25) is 4.79 Å². The Labute approximate surface area is 72.0 Å². The Morgan fingerprint density at radius 2 is 1.92 bits per heavy atom. The largest absolute Gasteiger partial charge is 0.548 e. The number of carboxylic acid groups (broad SMARTS) is 1. The lowest BCUT2D eigenvalue weighted by Gasteiger charge is -2.20. The van der Waals surface area contributed by atoms with E-state index in [9.17, 15) is 14.7 Å². The van der Waals surface area contributed by atoms with E-state index in [1.165, 1.54) is 6.92 Å². The SMILES string of the molecule is CC(=O)N[C@H](CC(C)C)C(=O)[O-]. The summed E-state index contributed by atoms with van der Waals surface area (Å²) < 4.78 is 0. The molecular weight excluding hydrogens is 158 g/mol. The summed E-state index contributed by atoms with van der Waals surface area (Å²) in [6, 6.07) is -0.859. The Morgan fingerprint density at radius 3 is 2.17 bits per heavy atom. The van der Waals surface area contributed by atoms with Gasteiger partial charge in [-0.05, 0) is 12.3 Å². The molecule has 0 radical (unpaired) electrons. The molecule has 12 heavy (non-hydrogen) atoms. The lowest BCUT2D eigenvalue weighted by molar-refractivity contribution is -0.308. The zero-order chi connectivity index (χ0) is 9.72. The summed E-state index contributed by atoms with van der Waals surface area (Å²) in [5, 5.41) is 12.8. The molecule has 70 valence electrons. The molecule has 0 fully saturated rings. The second kappa shape index (κ2) is 4.74. The van der Waals surface area contributed by atoms with Gasteiger partial charge in [0.1, 0.15) is 0 Å². The van der Waals surface area contributed by atoms with Crippen LogP contribution in [0.5, 0.6) is 0 Å². The quantitative estimate of drug-likeness (QED) is 0.609. The minimum absolute atomic E-state index is 0.222. The molecule has 4 nitrogen and oxygen atoms in total. The number of rotatable bonds is 4. The number of carbonyl (C=O) groups is 2. The van der Waals surface area contributed by atoms with Gasteiger partial charge in [0, 0.05) is 6.92 Å². The number of carbonyl (C=O) groups excluding carboxylic acids is 2. The molecule has 0 aliphatic carbocycles. The summed E-state index contributed by atoms with van der Waals surface area (Å²) in [7, 11) is 0. The maximum absolute atomic E-state index is 10.5. The zero-order valence-corrected chi connectivity index (χ0v) is 7.59. The van der Waals surface area contributed by atoms with E-state index in [2.05, 4.69) is 5.32 Å². The summed E-state index contributed by atoms with van der Waals surface area (Å²) in [4.78, 5) is 21.0. The van der Waals surface area contributed by atoms with Crippen molar-refractivity contribution in [3.63, 3.8) is 0 Å². The highest BCUT2D eigenvalue weighted by Gasteiger charge is 2.12. The molecule has 0 unspecified atom stereocenters. The summed E-state index contributed by atoms with van der Waals surface area (Å²) in [5.74, 6) is -1.34. The minimum Gasteiger partial charge on any atom is -0.548 e. The molecule has 0 bridgehead atoms. The van der Waals surface area contributed by atoms with Gasteiger partial charge in [-0.25, -0.2) is 0 Å². The van der Waals surface area contributed by atoms with E-state index in [1.54, 1.807) is 0 Å². The van der Waals surface area contributed by atoms with E-state index in [0.29, 0.717) is 6.42 Å². The first kappa shape index (κ1) is 10.9. The number of nitrogens with one attached hydrogen (secondary N) is 1. The number of carboxylic acids is 1. The second-order valence-corrected chi connectivity index (χ2v) is 3.20. The van der Waals surface area contributed by atoms with Gasteiger partial charge in [-0.1, -0.05) is 13.8 Å². The standard InChI is InChI=1S/C8H15NO3/c1-5(2)4-7(8(11)12)9-6(3)10/h5,7H,4H2,1-3H3,(H,9,10)(H,11,12)/p-1/t7-/m1/s1. The topological polar surface area (TPSA) is 69.2 Å². The van der Waals surface area contributed by atoms with Crippen LogP contribution in [0.25, 0.3) is 0 Å². The van der Waals surface area contributed by atoms with Crippen LogP contribution < -0.4 is 10.4 Å². The molecule has 0 aromatic rings. The molecule has 0 heterocycles. The number of amides is 1. The fourth-order valence-electron chi connectivity index (χ4n) is 0.931. The van der Waals surface area contributed by atoms with Gasteiger partial charge in [-0.15, -0.1) is 0 Å². The van der Waals surface area contributed by atoms with Gasteiger partial charge in [-0.2, -0.15) is 0 Å². The molecule has 0 saturated heterocycles. The van der Waals surface area contributed by atoms with Crippen LogP contribution in [0.4, 0.5) is 0 Å². The van der Waals surface area contributed by atoms with Crippen LogP contribution in [0.15, 0.2) is 0 Å². The van der Waals surface area contributed by atoms with Crippen LogP contribution in [-0.2, 0) is 9.59 Å². The molecule has 4 heteroatoms. The van der Waals surface area contributed by atoms with Crippen molar-refractivity contribution in [3.05, 3.63) is 0 Å². The summed E-state index contributed by atoms with van der Waals surface area (Å²) in [6.45, 7) is 5.06. The Bertz CT molecular complexity index is 177. The predicted molar refractivity (Wildman–Crippen MR) is 42.1 cm³/mol. The van der Waals surface area contributed by atoms with Crippen LogP contribution in [0.3, 0.4) is 0 Å². The third-order valence-corrected chi connectivity index (χ3v) is 1.37. The Balaban J connectivity index is 4.04. The summed E-state index contributed by atoms with van der Waals surface area (Å²) >= 11 is 0. The van der Waals surface area contributed by atoms with Crippen molar-refractivity contribution >= 4 is 11.9 Å². The first-order chi connectivity index (χ1) is 5.43. The summed E-state index contributed by atoms with van der Waals surface area (Å²) in [5.41, 5.74) is 0. The Kier molecular flexibility index (Phi) is 4.33. The number of hydrogen-bond acceptors (Lipinski definition) is 3. The van der Waals surface area contributed by atoms with Crippen molar-refractivity contribution in [2.75, 3.05) is 0 Å². The third-order valence-electron chi connectivity index (χ3n) is 1.37. The molecule has 1 amide bonds. The number of aliphatic carboxylic acids is 1. The molecule has 0 rings (SSSR count). The van der Waals surface area contributed by atoms with E-state index in [4.69, 9.17) is 0 Å². The van der Waals surface area contributed by atoms with Crippen molar-refractivity contribution in [1.82, 2.24) is 5.32 Å². The Morgan fingerprint density at radius 1 is 1.42 bits per heavy atom. The normalized spacial score (nSPS) is 12.7. The van der Waals surface area contributed by atoms with Crippen LogP contribution in [0, 0.1) is 5.92 Å². The van der Waals surface area contributed by atoms with Gasteiger partial charge >= 0.3 is 0 Å². The molecule has 0 aromatic carbocycles. The monoisotopic (exact) mass is 172 g/mol. The minimum atomic E-state index is -1.22. The van der Waals surface area contributed by atoms with Crippen LogP contribution in [0.1, 0.15) is 27.2 Å². The molecule has 1 N–H and O–H groups in total. The van der Waals surface area contributed by atoms with E-state index in [1.807, 2.05) is 13.8 Å². The average molecular weight is 172 g/mol. The highest BCUT2D eigenvalue weighted by Crippen LogP contribution is 2.03. The Hall–Kier alpha value is -1.06. The van der Waals surface area contributed by atoms with Gasteiger partial charge in [0.25, 0.3) is 0 Å². The van der Waals surface area contributed by atoms with Crippen molar-refractivity contribution in [3.8, 4) is 0 Å².